The zero-order valence-electron chi connectivity index (χ0n) is 17.1. The number of carboxylic acids is 2. The molecule has 0 aliphatic rings. The summed E-state index contributed by atoms with van der Waals surface area (Å²) in [4.78, 5) is 58.7. The predicted molar refractivity (Wildman–Crippen MR) is 109 cm³/mol. The molecule has 0 aromatic rings. The number of nitrogens with one attached hydrogen (secondary N) is 3. The Kier molecular flexibility index (Phi) is 12.7. The van der Waals surface area contributed by atoms with Gasteiger partial charge in [-0.1, -0.05) is 0 Å². The monoisotopic (exact) mass is 450 g/mol. The largest absolute Gasteiger partial charge is 0.481 e. The van der Waals surface area contributed by atoms with E-state index < -0.39 is 66.4 Å². The number of hydrogen-bond donors (Lipinski definition) is 7. The van der Waals surface area contributed by atoms with Crippen molar-refractivity contribution >= 4 is 41.4 Å². The van der Waals surface area contributed by atoms with Gasteiger partial charge in [0.1, 0.15) is 24.2 Å². The minimum atomic E-state index is -1.43. The van der Waals surface area contributed by atoms with Gasteiger partial charge >= 0.3 is 11.9 Å². The van der Waals surface area contributed by atoms with Gasteiger partial charge in [0.15, 0.2) is 0 Å². The number of amides is 3. The van der Waals surface area contributed by atoms with Crippen molar-refractivity contribution in [2.45, 2.75) is 63.4 Å². The maximum absolute atomic E-state index is 12.5. The third kappa shape index (κ3) is 10.4. The Hall–Kier alpha value is -2.38. The first-order chi connectivity index (χ1) is 13.9. The first-order valence-electron chi connectivity index (χ1n) is 9.19. The zero-order chi connectivity index (χ0) is 23.4. The number of rotatable bonds is 14. The molecule has 0 fully saturated rings. The number of aliphatic hydroxyl groups is 1. The third-order valence-corrected chi connectivity index (χ3v) is 4.72. The van der Waals surface area contributed by atoms with E-state index in [9.17, 15) is 34.2 Å². The highest BCUT2D eigenvalue weighted by atomic mass is 32.2. The first-order valence-corrected chi connectivity index (χ1v) is 10.6. The molecule has 0 saturated heterocycles. The van der Waals surface area contributed by atoms with Crippen LogP contribution in [0.3, 0.4) is 0 Å². The molecule has 0 radical (unpaired) electrons. The number of thioether (sulfide) groups is 1. The Morgan fingerprint density at radius 3 is 1.93 bits per heavy atom. The van der Waals surface area contributed by atoms with Crippen molar-refractivity contribution in [2.75, 3.05) is 12.0 Å². The molecule has 8 N–H and O–H groups in total. The van der Waals surface area contributed by atoms with E-state index in [1.165, 1.54) is 25.6 Å². The number of nitrogens with two attached hydrogens (primary N) is 1. The summed E-state index contributed by atoms with van der Waals surface area (Å²) in [6, 6.07) is -4.83. The van der Waals surface area contributed by atoms with E-state index >= 15 is 0 Å². The van der Waals surface area contributed by atoms with Crippen LogP contribution in [0.1, 0.15) is 33.1 Å². The van der Waals surface area contributed by atoms with Gasteiger partial charge in [0.2, 0.25) is 17.7 Å². The van der Waals surface area contributed by atoms with E-state index in [2.05, 4.69) is 16.0 Å². The second kappa shape index (κ2) is 13.8. The van der Waals surface area contributed by atoms with Crippen LogP contribution in [0.5, 0.6) is 0 Å². The topological polar surface area (TPSA) is 208 Å². The average Bonchev–Trinajstić information content (AvgIpc) is 2.66. The highest BCUT2D eigenvalue weighted by Gasteiger charge is 2.29. The first kappa shape index (κ1) is 27.6. The van der Waals surface area contributed by atoms with Gasteiger partial charge in [0.05, 0.1) is 6.10 Å². The van der Waals surface area contributed by atoms with Gasteiger partial charge in [-0.15, -0.1) is 0 Å². The highest BCUT2D eigenvalue weighted by Crippen LogP contribution is 2.05. The van der Waals surface area contributed by atoms with Crippen molar-refractivity contribution < 1.29 is 39.3 Å². The standard InChI is InChI=1S/C17H30N4O8S/c1-8(19-16(27)13(18)9(2)22)14(25)20-10(6-7-30-3)15(26)21-11(17(28)29)4-5-12(23)24/h8-11,13,22H,4-7,18H2,1-3H3,(H,19,27)(H,20,25)(H,21,26)(H,23,24)(H,28,29). The SMILES string of the molecule is CSCCC(NC(=O)C(C)NC(=O)C(N)C(C)O)C(=O)NC(CCC(=O)O)C(=O)O. The second-order valence-corrected chi connectivity index (χ2v) is 7.66. The van der Waals surface area contributed by atoms with Crippen LogP contribution in [-0.4, -0.2) is 87.3 Å². The van der Waals surface area contributed by atoms with E-state index in [0.29, 0.717) is 5.75 Å². The molecular formula is C17H30N4O8S. The van der Waals surface area contributed by atoms with Gasteiger partial charge < -0.3 is 37.0 Å². The van der Waals surface area contributed by atoms with Crippen LogP contribution in [0, 0.1) is 0 Å². The molecule has 0 aliphatic carbocycles. The molecule has 0 aromatic carbocycles. The van der Waals surface area contributed by atoms with E-state index in [0.717, 1.165) is 0 Å². The normalized spacial score (nSPS) is 15.8. The van der Waals surface area contributed by atoms with Crippen LogP contribution in [-0.2, 0) is 24.0 Å². The lowest BCUT2D eigenvalue weighted by Gasteiger charge is -2.24. The molecule has 3 amide bonds. The van der Waals surface area contributed by atoms with Crippen molar-refractivity contribution in [3.05, 3.63) is 0 Å². The Morgan fingerprint density at radius 1 is 0.900 bits per heavy atom. The van der Waals surface area contributed by atoms with E-state index in [4.69, 9.17) is 10.8 Å². The van der Waals surface area contributed by atoms with Crippen LogP contribution in [0.2, 0.25) is 0 Å². The summed E-state index contributed by atoms with van der Waals surface area (Å²) in [6.45, 7) is 2.68. The minimum absolute atomic E-state index is 0.178. The molecule has 0 spiro atoms. The fourth-order valence-electron chi connectivity index (χ4n) is 2.19. The molecule has 0 saturated carbocycles. The van der Waals surface area contributed by atoms with Crippen molar-refractivity contribution in [3.63, 3.8) is 0 Å². The Balaban J connectivity index is 5.09. The summed E-state index contributed by atoms with van der Waals surface area (Å²) in [5, 5.41) is 34.2. The average molecular weight is 451 g/mol. The van der Waals surface area contributed by atoms with Gasteiger partial charge in [-0.3, -0.25) is 19.2 Å². The quantitative estimate of drug-likeness (QED) is 0.153. The summed E-state index contributed by atoms with van der Waals surface area (Å²) in [5.41, 5.74) is 5.50. The third-order valence-electron chi connectivity index (χ3n) is 4.08. The van der Waals surface area contributed by atoms with E-state index in [1.807, 2.05) is 0 Å². The Bertz CT molecular complexity index is 631. The lowest BCUT2D eigenvalue weighted by Crippen LogP contribution is -2.57. The molecule has 5 unspecified atom stereocenters. The molecule has 0 aromatic heterocycles. The summed E-state index contributed by atoms with van der Waals surface area (Å²) in [6.07, 6.45) is 0.0655. The molecule has 0 aliphatic heterocycles. The van der Waals surface area contributed by atoms with Crippen LogP contribution in [0.25, 0.3) is 0 Å². The molecule has 0 heterocycles. The molecule has 0 rings (SSSR count). The maximum atomic E-state index is 12.5. The number of carbonyl (C=O) groups excluding carboxylic acids is 3. The van der Waals surface area contributed by atoms with Gasteiger partial charge in [-0.25, -0.2) is 4.79 Å². The van der Waals surface area contributed by atoms with Gasteiger partial charge in [-0.05, 0) is 38.7 Å². The molecular weight excluding hydrogens is 420 g/mol. The summed E-state index contributed by atoms with van der Waals surface area (Å²) >= 11 is 1.40. The number of hydrogen-bond acceptors (Lipinski definition) is 8. The number of aliphatic carboxylic acids is 2. The van der Waals surface area contributed by atoms with Crippen LogP contribution in [0.15, 0.2) is 0 Å². The lowest BCUT2D eigenvalue weighted by atomic mass is 10.1. The second-order valence-electron chi connectivity index (χ2n) is 6.67. The molecule has 12 nitrogen and oxygen atoms in total. The Morgan fingerprint density at radius 2 is 1.47 bits per heavy atom. The van der Waals surface area contributed by atoms with Crippen molar-refractivity contribution in [3.8, 4) is 0 Å². The van der Waals surface area contributed by atoms with Crippen LogP contribution < -0.4 is 21.7 Å². The molecule has 30 heavy (non-hydrogen) atoms. The van der Waals surface area contributed by atoms with Gasteiger partial charge in [0, 0.05) is 6.42 Å². The molecule has 172 valence electrons. The zero-order valence-corrected chi connectivity index (χ0v) is 17.9. The fraction of sp³-hybridized carbons (Fsp3) is 0.706. The summed E-state index contributed by atoms with van der Waals surface area (Å²) < 4.78 is 0. The number of aliphatic hydroxyl groups excluding tert-OH is 1. The molecule has 13 heteroatoms. The van der Waals surface area contributed by atoms with Gasteiger partial charge in [0.25, 0.3) is 0 Å². The molecule has 5 atom stereocenters. The van der Waals surface area contributed by atoms with Gasteiger partial charge in [-0.2, -0.15) is 11.8 Å². The Labute approximate surface area is 178 Å². The maximum Gasteiger partial charge on any atom is 0.326 e. The minimum Gasteiger partial charge on any atom is -0.481 e. The predicted octanol–water partition coefficient (Wildman–Crippen LogP) is -2.13. The smallest absolute Gasteiger partial charge is 0.326 e. The van der Waals surface area contributed by atoms with Crippen LogP contribution in [0.4, 0.5) is 0 Å². The number of carboxylic acid groups (broad SMARTS) is 2. The van der Waals surface area contributed by atoms with Crippen LogP contribution >= 0.6 is 11.8 Å². The lowest BCUT2D eigenvalue weighted by molar-refractivity contribution is -0.143. The summed E-state index contributed by atoms with van der Waals surface area (Å²) in [5.74, 6) is -4.37. The fourth-order valence-corrected chi connectivity index (χ4v) is 2.66. The number of carbonyl (C=O) groups is 5. The van der Waals surface area contributed by atoms with Crippen molar-refractivity contribution in [1.82, 2.24) is 16.0 Å². The summed E-state index contributed by atoms with van der Waals surface area (Å²) in [7, 11) is 0. The highest BCUT2D eigenvalue weighted by molar-refractivity contribution is 7.98. The van der Waals surface area contributed by atoms with E-state index in [1.54, 1.807) is 6.26 Å². The molecule has 0 bridgehead atoms. The van der Waals surface area contributed by atoms with E-state index in [-0.39, 0.29) is 12.8 Å². The van der Waals surface area contributed by atoms with Crippen molar-refractivity contribution in [2.24, 2.45) is 5.73 Å². The van der Waals surface area contributed by atoms with Crippen molar-refractivity contribution in [1.29, 1.82) is 0 Å².